The van der Waals surface area contributed by atoms with E-state index >= 15 is 0 Å². The number of rotatable bonds is 5. The zero-order valence-corrected chi connectivity index (χ0v) is 17.4. The lowest BCUT2D eigenvalue weighted by Crippen LogP contribution is -1.85. The van der Waals surface area contributed by atoms with Crippen molar-refractivity contribution in [2.45, 2.75) is 17.0 Å². The van der Waals surface area contributed by atoms with Gasteiger partial charge in [-0.05, 0) is 48.4 Å². The Balaban J connectivity index is 1.50. The van der Waals surface area contributed by atoms with Gasteiger partial charge in [-0.2, -0.15) is 5.26 Å². The number of fused-ring (bicyclic) bond motifs is 1. The smallest absolute Gasteiger partial charge is 0.151 e. The van der Waals surface area contributed by atoms with Crippen LogP contribution in [0.25, 0.3) is 21.9 Å². The maximum Gasteiger partial charge on any atom is 0.151 e. The van der Waals surface area contributed by atoms with Gasteiger partial charge in [-0.1, -0.05) is 30.0 Å². The second-order valence-corrected chi connectivity index (χ2v) is 9.21. The van der Waals surface area contributed by atoms with Crippen molar-refractivity contribution in [2.24, 2.45) is 0 Å². The van der Waals surface area contributed by atoms with Crippen LogP contribution in [0.1, 0.15) is 21.8 Å². The molecule has 138 valence electrons. The quantitative estimate of drug-likeness (QED) is 0.310. The van der Waals surface area contributed by atoms with E-state index in [-0.39, 0.29) is 5.75 Å². The molecule has 0 aliphatic rings. The second kappa shape index (κ2) is 8.15. The van der Waals surface area contributed by atoms with E-state index in [2.05, 4.69) is 22.1 Å². The molecule has 0 bridgehead atoms. The number of hydrogen-bond acceptors (Lipinski definition) is 7. The summed E-state index contributed by atoms with van der Waals surface area (Å²) in [5, 5.41) is 21.9. The van der Waals surface area contributed by atoms with E-state index in [1.54, 1.807) is 41.3 Å². The molecule has 4 aromatic rings. The van der Waals surface area contributed by atoms with E-state index in [0.717, 1.165) is 26.7 Å². The molecule has 0 saturated carbocycles. The van der Waals surface area contributed by atoms with Crippen LogP contribution in [0.2, 0.25) is 0 Å². The molecule has 2 aromatic heterocycles. The number of phenolic OH excluding ortho intramolecular Hbond substituents is 1. The minimum absolute atomic E-state index is 0.249. The van der Waals surface area contributed by atoms with Crippen molar-refractivity contribution in [3.8, 4) is 11.8 Å². The lowest BCUT2D eigenvalue weighted by molar-refractivity contribution is 0.471. The number of nitriles is 1. The van der Waals surface area contributed by atoms with Crippen LogP contribution < -0.4 is 0 Å². The highest BCUT2D eigenvalue weighted by atomic mass is 32.2. The molecular weight excluding hydrogens is 406 g/mol. The Hall–Kier alpha value is -2.66. The monoisotopic (exact) mass is 421 g/mol. The van der Waals surface area contributed by atoms with Crippen LogP contribution in [0.4, 0.5) is 0 Å². The number of thioether (sulfide) groups is 1. The van der Waals surface area contributed by atoms with E-state index < -0.39 is 0 Å². The van der Waals surface area contributed by atoms with Gasteiger partial charge in [0.2, 0.25) is 0 Å². The Labute approximate surface area is 174 Å². The lowest BCUT2D eigenvalue weighted by atomic mass is 10.1. The first-order valence-electron chi connectivity index (χ1n) is 8.47. The maximum atomic E-state index is 9.65. The summed E-state index contributed by atoms with van der Waals surface area (Å²) in [6.07, 6.45) is 1.80. The summed E-state index contributed by atoms with van der Waals surface area (Å²) >= 11 is 4.81. The highest BCUT2D eigenvalue weighted by Gasteiger charge is 2.10. The Bertz CT molecular complexity index is 1180. The fourth-order valence-corrected chi connectivity index (χ4v) is 5.47. The standard InChI is InChI=1S/C21H15N3OS3/c1-13-8-14(6-7-18(13)25)9-15(10-22)20-23-16(11-26-20)12-27-21-24-17-4-2-3-5-19(17)28-21/h2-9,11,25H,12H2,1H3/b15-9-. The van der Waals surface area contributed by atoms with Crippen LogP contribution in [-0.4, -0.2) is 15.1 Å². The SMILES string of the molecule is Cc1cc(/C=C(/C#N)c2nc(CSc3nc4ccccc4s3)cs2)ccc1O. The molecule has 2 aromatic carbocycles. The summed E-state index contributed by atoms with van der Waals surface area (Å²) in [7, 11) is 0. The van der Waals surface area contributed by atoms with E-state index in [9.17, 15) is 10.4 Å². The number of hydrogen-bond donors (Lipinski definition) is 1. The molecule has 28 heavy (non-hydrogen) atoms. The predicted molar refractivity (Wildman–Crippen MR) is 118 cm³/mol. The lowest BCUT2D eigenvalue weighted by Gasteiger charge is -2.00. The van der Waals surface area contributed by atoms with Gasteiger partial charge in [0.1, 0.15) is 16.8 Å². The zero-order valence-electron chi connectivity index (χ0n) is 14.9. The predicted octanol–water partition coefficient (Wildman–Crippen LogP) is 6.12. The molecule has 1 N–H and O–H groups in total. The molecule has 0 spiro atoms. The summed E-state index contributed by atoms with van der Waals surface area (Å²) in [5.74, 6) is 0.965. The third kappa shape index (κ3) is 4.09. The molecule has 0 radical (unpaired) electrons. The summed E-state index contributed by atoms with van der Waals surface area (Å²) in [4.78, 5) is 9.25. The van der Waals surface area contributed by atoms with Crippen LogP contribution in [0, 0.1) is 18.3 Å². The number of thiazole rings is 2. The highest BCUT2D eigenvalue weighted by Crippen LogP contribution is 2.32. The number of allylic oxidation sites excluding steroid dienone is 1. The first-order chi connectivity index (χ1) is 13.6. The summed E-state index contributed by atoms with van der Waals surface area (Å²) in [6.45, 7) is 1.83. The summed E-state index contributed by atoms with van der Waals surface area (Å²) in [6, 6.07) is 15.6. The van der Waals surface area contributed by atoms with Crippen LogP contribution in [-0.2, 0) is 5.75 Å². The third-order valence-corrected chi connectivity index (χ3v) is 7.19. The molecule has 0 aliphatic carbocycles. The fourth-order valence-electron chi connectivity index (χ4n) is 2.62. The molecule has 2 heterocycles. The van der Waals surface area contributed by atoms with E-state index in [1.165, 1.54) is 16.0 Å². The number of aryl methyl sites for hydroxylation is 1. The molecule has 0 unspecified atom stereocenters. The number of para-hydroxylation sites is 1. The Morgan fingerprint density at radius 1 is 1.25 bits per heavy atom. The minimum atomic E-state index is 0.249. The van der Waals surface area contributed by atoms with E-state index in [1.807, 2.05) is 36.6 Å². The molecule has 0 amide bonds. The summed E-state index contributed by atoms with van der Waals surface area (Å²) < 4.78 is 2.20. The van der Waals surface area contributed by atoms with Crippen molar-refractivity contribution < 1.29 is 5.11 Å². The van der Waals surface area contributed by atoms with Gasteiger partial charge in [-0.15, -0.1) is 22.7 Å². The van der Waals surface area contributed by atoms with Crippen molar-refractivity contribution in [2.75, 3.05) is 0 Å². The van der Waals surface area contributed by atoms with Gasteiger partial charge in [-0.25, -0.2) is 9.97 Å². The van der Waals surface area contributed by atoms with Gasteiger partial charge in [0.25, 0.3) is 0 Å². The number of phenols is 1. The fraction of sp³-hybridized carbons (Fsp3) is 0.0952. The Morgan fingerprint density at radius 3 is 2.89 bits per heavy atom. The second-order valence-electron chi connectivity index (χ2n) is 6.10. The molecule has 7 heteroatoms. The van der Waals surface area contributed by atoms with Crippen LogP contribution in [0.15, 0.2) is 52.2 Å². The number of nitrogens with zero attached hydrogens (tertiary/aromatic N) is 3. The molecule has 0 fully saturated rings. The third-order valence-electron chi connectivity index (χ3n) is 4.05. The number of benzene rings is 2. The Kier molecular flexibility index (Phi) is 5.44. The zero-order chi connectivity index (χ0) is 19.5. The van der Waals surface area contributed by atoms with Crippen LogP contribution in [0.3, 0.4) is 0 Å². The van der Waals surface area contributed by atoms with Gasteiger partial charge >= 0.3 is 0 Å². The van der Waals surface area contributed by atoms with Crippen molar-refractivity contribution in [1.82, 2.24) is 9.97 Å². The topological polar surface area (TPSA) is 69.8 Å². The van der Waals surface area contributed by atoms with Crippen molar-refractivity contribution in [3.63, 3.8) is 0 Å². The molecule has 4 nitrogen and oxygen atoms in total. The first kappa shape index (κ1) is 18.7. The average Bonchev–Trinajstić information content (AvgIpc) is 3.33. The number of aromatic hydroxyl groups is 1. The first-order valence-corrected chi connectivity index (χ1v) is 11.1. The van der Waals surface area contributed by atoms with E-state index in [0.29, 0.717) is 16.3 Å². The molecule has 0 aliphatic heterocycles. The molecule has 0 atom stereocenters. The van der Waals surface area contributed by atoms with Crippen molar-refractivity contribution in [3.05, 3.63) is 69.7 Å². The Morgan fingerprint density at radius 2 is 2.11 bits per heavy atom. The summed E-state index contributed by atoms with van der Waals surface area (Å²) in [5.41, 5.74) is 4.12. The molecule has 4 rings (SSSR count). The van der Waals surface area contributed by atoms with Gasteiger partial charge in [0.15, 0.2) is 4.34 Å². The van der Waals surface area contributed by atoms with Gasteiger partial charge in [0.05, 0.1) is 21.5 Å². The number of aromatic nitrogens is 2. The van der Waals surface area contributed by atoms with Gasteiger partial charge in [-0.3, -0.25) is 0 Å². The van der Waals surface area contributed by atoms with E-state index in [4.69, 9.17) is 0 Å². The van der Waals surface area contributed by atoms with Gasteiger partial charge in [0, 0.05) is 11.1 Å². The normalized spacial score (nSPS) is 11.6. The highest BCUT2D eigenvalue weighted by molar-refractivity contribution is 8.00. The maximum absolute atomic E-state index is 9.65. The van der Waals surface area contributed by atoms with Gasteiger partial charge < -0.3 is 5.11 Å². The van der Waals surface area contributed by atoms with Crippen LogP contribution in [0.5, 0.6) is 5.75 Å². The molecule has 0 saturated heterocycles. The van der Waals surface area contributed by atoms with Crippen LogP contribution >= 0.6 is 34.4 Å². The minimum Gasteiger partial charge on any atom is -0.508 e. The van der Waals surface area contributed by atoms with Crippen molar-refractivity contribution >= 4 is 56.3 Å². The molecular formula is C21H15N3OS3. The average molecular weight is 422 g/mol. The van der Waals surface area contributed by atoms with Crippen molar-refractivity contribution in [1.29, 1.82) is 5.26 Å². The largest absolute Gasteiger partial charge is 0.508 e.